The molecule has 2 fully saturated rings. The molecule has 2 aliphatic rings. The number of nitrogens with one attached hydrogen (secondary N) is 1. The molecule has 2 aliphatic heterocycles. The Balaban J connectivity index is 1.28. The predicted octanol–water partition coefficient (Wildman–Crippen LogP) is 2.15. The first kappa shape index (κ1) is 14.4. The van der Waals surface area contributed by atoms with Gasteiger partial charge < -0.3 is 15.0 Å². The molecule has 0 amide bonds. The van der Waals surface area contributed by atoms with E-state index in [9.17, 15) is 0 Å². The summed E-state index contributed by atoms with van der Waals surface area (Å²) < 4.78 is 7.61. The van der Waals surface area contributed by atoms with Crippen LogP contribution in [0.3, 0.4) is 0 Å². The number of rotatable bonds is 4. The number of ether oxygens (including phenoxy) is 1. The van der Waals surface area contributed by atoms with E-state index < -0.39 is 0 Å². The Hall–Kier alpha value is -1.18. The molecule has 2 aromatic rings. The highest BCUT2D eigenvalue weighted by Gasteiger charge is 2.24. The van der Waals surface area contributed by atoms with Crippen LogP contribution in [0.1, 0.15) is 31.4 Å². The van der Waals surface area contributed by atoms with E-state index in [1.807, 2.05) is 17.6 Å². The van der Waals surface area contributed by atoms with Gasteiger partial charge in [0.2, 0.25) is 10.1 Å². The minimum atomic E-state index is 0.472. The zero-order chi connectivity index (χ0) is 14.9. The molecular weight excluding hydrogens is 298 g/mol. The summed E-state index contributed by atoms with van der Waals surface area (Å²) in [5, 5.41) is 9.12. The minimum Gasteiger partial charge on any atom is -0.377 e. The predicted molar refractivity (Wildman–Crippen MR) is 87.7 cm³/mol. The standard InChI is InChI=1S/C15H23N5OS/c1-11-9-20-15(16-11)22-14(18-20)17-12-4-6-19(7-5-12)10-13-3-2-8-21-13/h9,12-13H,2-8,10H2,1H3,(H,17,18). The Morgan fingerprint density at radius 2 is 2.23 bits per heavy atom. The molecule has 1 unspecified atom stereocenters. The van der Waals surface area contributed by atoms with E-state index in [-0.39, 0.29) is 0 Å². The molecule has 0 saturated carbocycles. The maximum atomic E-state index is 5.74. The SMILES string of the molecule is Cc1cn2nc(NC3CCN(CC4CCCO4)CC3)sc2n1. The van der Waals surface area contributed by atoms with Crippen molar-refractivity contribution in [2.75, 3.05) is 31.6 Å². The third-order valence-electron chi connectivity index (χ3n) is 4.56. The molecular formula is C15H23N5OS. The first-order valence-electron chi connectivity index (χ1n) is 8.19. The van der Waals surface area contributed by atoms with Crippen molar-refractivity contribution in [2.24, 2.45) is 0 Å². The van der Waals surface area contributed by atoms with Gasteiger partial charge in [-0.1, -0.05) is 11.3 Å². The third-order valence-corrected chi connectivity index (χ3v) is 5.42. The zero-order valence-electron chi connectivity index (χ0n) is 13.0. The van der Waals surface area contributed by atoms with Gasteiger partial charge in [-0.2, -0.15) is 0 Å². The lowest BCUT2D eigenvalue weighted by molar-refractivity contribution is 0.0654. The lowest BCUT2D eigenvalue weighted by Crippen LogP contribution is -2.42. The summed E-state index contributed by atoms with van der Waals surface area (Å²) in [5.41, 5.74) is 1.02. The quantitative estimate of drug-likeness (QED) is 0.935. The van der Waals surface area contributed by atoms with Gasteiger partial charge in [-0.05, 0) is 32.6 Å². The maximum Gasteiger partial charge on any atom is 0.214 e. The van der Waals surface area contributed by atoms with Gasteiger partial charge >= 0.3 is 0 Å². The fourth-order valence-corrected chi connectivity index (χ4v) is 4.28. The van der Waals surface area contributed by atoms with Crippen molar-refractivity contribution in [3.05, 3.63) is 11.9 Å². The summed E-state index contributed by atoms with van der Waals surface area (Å²) in [6.45, 7) is 6.36. The number of imidazole rings is 1. The minimum absolute atomic E-state index is 0.472. The number of piperidine rings is 1. The fraction of sp³-hybridized carbons (Fsp3) is 0.733. The molecule has 1 N–H and O–H groups in total. The van der Waals surface area contributed by atoms with Gasteiger partial charge in [-0.15, -0.1) is 5.10 Å². The lowest BCUT2D eigenvalue weighted by Gasteiger charge is -2.33. The number of hydrogen-bond donors (Lipinski definition) is 1. The number of fused-ring (bicyclic) bond motifs is 1. The van der Waals surface area contributed by atoms with Gasteiger partial charge in [0.1, 0.15) is 0 Å². The topological polar surface area (TPSA) is 54.7 Å². The van der Waals surface area contributed by atoms with Crippen LogP contribution in [0.2, 0.25) is 0 Å². The summed E-state index contributed by atoms with van der Waals surface area (Å²) in [6, 6.07) is 0.526. The van der Waals surface area contributed by atoms with Crippen LogP contribution in [-0.4, -0.2) is 57.9 Å². The maximum absolute atomic E-state index is 5.74. The molecule has 2 saturated heterocycles. The molecule has 6 nitrogen and oxygen atoms in total. The first-order chi connectivity index (χ1) is 10.8. The van der Waals surface area contributed by atoms with Gasteiger partial charge in [-0.3, -0.25) is 0 Å². The van der Waals surface area contributed by atoms with Crippen LogP contribution < -0.4 is 5.32 Å². The summed E-state index contributed by atoms with van der Waals surface area (Å²) in [6.07, 6.45) is 7.26. The molecule has 0 spiro atoms. The van der Waals surface area contributed by atoms with Crippen LogP contribution in [0, 0.1) is 6.92 Å². The van der Waals surface area contributed by atoms with Crippen molar-refractivity contribution in [2.45, 2.75) is 44.8 Å². The normalized spacial score (nSPS) is 24.3. The van der Waals surface area contributed by atoms with Crippen molar-refractivity contribution in [1.29, 1.82) is 0 Å². The second-order valence-electron chi connectivity index (χ2n) is 6.37. The summed E-state index contributed by atoms with van der Waals surface area (Å²) in [5.74, 6) is 0. The largest absolute Gasteiger partial charge is 0.377 e. The molecule has 0 aliphatic carbocycles. The second-order valence-corrected chi connectivity index (χ2v) is 7.33. The van der Waals surface area contributed by atoms with E-state index >= 15 is 0 Å². The second kappa shape index (κ2) is 6.14. The highest BCUT2D eigenvalue weighted by molar-refractivity contribution is 7.20. The molecule has 4 heterocycles. The van der Waals surface area contributed by atoms with Crippen molar-refractivity contribution in [3.8, 4) is 0 Å². The summed E-state index contributed by atoms with van der Waals surface area (Å²) in [4.78, 5) is 7.97. The average Bonchev–Trinajstić information content (AvgIpc) is 3.18. The average molecular weight is 321 g/mol. The van der Waals surface area contributed by atoms with Crippen LogP contribution >= 0.6 is 11.3 Å². The van der Waals surface area contributed by atoms with E-state index in [1.165, 1.54) is 25.7 Å². The Morgan fingerprint density at radius 1 is 1.36 bits per heavy atom. The Bertz CT molecular complexity index is 593. The van der Waals surface area contributed by atoms with Crippen molar-refractivity contribution < 1.29 is 4.74 Å². The van der Waals surface area contributed by atoms with E-state index in [0.29, 0.717) is 12.1 Å². The van der Waals surface area contributed by atoms with Crippen molar-refractivity contribution >= 4 is 21.4 Å². The smallest absolute Gasteiger partial charge is 0.214 e. The van der Waals surface area contributed by atoms with E-state index in [2.05, 4.69) is 20.3 Å². The molecule has 0 bridgehead atoms. The van der Waals surface area contributed by atoms with Crippen LogP contribution in [0.4, 0.5) is 5.13 Å². The van der Waals surface area contributed by atoms with Gasteiger partial charge in [0.25, 0.3) is 0 Å². The molecule has 2 aromatic heterocycles. The van der Waals surface area contributed by atoms with Gasteiger partial charge in [0, 0.05) is 32.3 Å². The lowest BCUT2D eigenvalue weighted by atomic mass is 10.0. The Kier molecular flexibility index (Phi) is 4.02. The van der Waals surface area contributed by atoms with Crippen LogP contribution in [0.25, 0.3) is 4.96 Å². The van der Waals surface area contributed by atoms with Crippen molar-refractivity contribution in [1.82, 2.24) is 19.5 Å². The summed E-state index contributed by atoms with van der Waals surface area (Å²) in [7, 11) is 0. The molecule has 120 valence electrons. The first-order valence-corrected chi connectivity index (χ1v) is 9.01. The summed E-state index contributed by atoms with van der Waals surface area (Å²) >= 11 is 1.63. The molecule has 0 radical (unpaired) electrons. The monoisotopic (exact) mass is 321 g/mol. The van der Waals surface area contributed by atoms with Crippen LogP contribution in [-0.2, 0) is 4.74 Å². The number of anilines is 1. The van der Waals surface area contributed by atoms with E-state index in [4.69, 9.17) is 4.74 Å². The molecule has 4 rings (SSSR count). The zero-order valence-corrected chi connectivity index (χ0v) is 13.8. The van der Waals surface area contributed by atoms with Crippen LogP contribution in [0.5, 0.6) is 0 Å². The van der Waals surface area contributed by atoms with Crippen molar-refractivity contribution in [3.63, 3.8) is 0 Å². The highest BCUT2D eigenvalue weighted by Crippen LogP contribution is 2.23. The molecule has 22 heavy (non-hydrogen) atoms. The molecule has 7 heteroatoms. The van der Waals surface area contributed by atoms with E-state index in [0.717, 1.165) is 42.0 Å². The number of nitrogens with zero attached hydrogens (tertiary/aromatic N) is 4. The molecule has 1 atom stereocenters. The highest BCUT2D eigenvalue weighted by atomic mass is 32.1. The number of hydrogen-bond acceptors (Lipinski definition) is 6. The Labute approximate surface area is 134 Å². The van der Waals surface area contributed by atoms with Gasteiger partial charge in [0.05, 0.1) is 18.0 Å². The number of aryl methyl sites for hydroxylation is 1. The Morgan fingerprint density at radius 3 is 2.95 bits per heavy atom. The van der Waals surface area contributed by atoms with Gasteiger partial charge in [0.15, 0.2) is 0 Å². The third kappa shape index (κ3) is 3.11. The number of likely N-dealkylation sites (tertiary alicyclic amines) is 1. The fourth-order valence-electron chi connectivity index (χ4n) is 3.38. The van der Waals surface area contributed by atoms with Gasteiger partial charge in [-0.25, -0.2) is 9.50 Å². The van der Waals surface area contributed by atoms with E-state index in [1.54, 1.807) is 11.3 Å². The number of aromatic nitrogens is 3. The van der Waals surface area contributed by atoms with Crippen LogP contribution in [0.15, 0.2) is 6.20 Å². The molecule has 0 aromatic carbocycles.